The Morgan fingerprint density at radius 3 is 2.53 bits per heavy atom. The molecule has 2 nitrogen and oxygen atoms in total. The monoisotopic (exact) mass is 251 g/mol. The minimum absolute atomic E-state index is 0.179. The van der Waals surface area contributed by atoms with Gasteiger partial charge in [0.05, 0.1) is 0 Å². The van der Waals surface area contributed by atoms with Crippen LogP contribution in [-0.2, 0) is 5.75 Å². The highest BCUT2D eigenvalue weighted by Crippen LogP contribution is 2.31. The van der Waals surface area contributed by atoms with Crippen molar-refractivity contribution >= 4 is 12.6 Å². The maximum Gasteiger partial charge on any atom is 0.255 e. The molecule has 17 heavy (non-hydrogen) atoms. The molecule has 0 aromatic carbocycles. The van der Waals surface area contributed by atoms with Gasteiger partial charge in [-0.15, -0.1) is 0 Å². The zero-order chi connectivity index (χ0) is 12.4. The summed E-state index contributed by atoms with van der Waals surface area (Å²) in [4.78, 5) is 12.4. The Morgan fingerprint density at radius 1 is 1.35 bits per heavy atom. The van der Waals surface area contributed by atoms with E-state index >= 15 is 0 Å². The molecule has 94 valence electrons. The number of hydrogen-bond donors (Lipinski definition) is 1. The molecular weight excluding hydrogens is 230 g/mol. The summed E-state index contributed by atoms with van der Waals surface area (Å²) in [5, 5.41) is 0. The van der Waals surface area contributed by atoms with Crippen LogP contribution in [0.4, 0.5) is 0 Å². The summed E-state index contributed by atoms with van der Waals surface area (Å²) < 4.78 is 2.04. The number of hydrogen-bond acceptors (Lipinski definition) is 2. The highest BCUT2D eigenvalue weighted by Gasteiger charge is 2.22. The van der Waals surface area contributed by atoms with Crippen molar-refractivity contribution in [1.29, 1.82) is 0 Å². The summed E-state index contributed by atoms with van der Waals surface area (Å²) in [6, 6.07) is 4.46. The lowest BCUT2D eigenvalue weighted by Crippen LogP contribution is -2.29. The van der Waals surface area contributed by atoms with Crippen LogP contribution >= 0.6 is 12.6 Å². The normalized spacial score (nSPS) is 16.9. The molecule has 2 rings (SSSR count). The number of pyridine rings is 1. The first-order valence-electron chi connectivity index (χ1n) is 6.50. The number of rotatable bonds is 3. The van der Waals surface area contributed by atoms with Crippen LogP contribution in [0.2, 0.25) is 0 Å². The number of nitrogens with zero attached hydrogens (tertiary/aromatic N) is 1. The van der Waals surface area contributed by atoms with E-state index in [0.29, 0.717) is 17.7 Å². The lowest BCUT2D eigenvalue weighted by atomic mass is 10.1. The van der Waals surface area contributed by atoms with E-state index in [9.17, 15) is 4.79 Å². The largest absolute Gasteiger partial charge is 0.309 e. The first kappa shape index (κ1) is 12.7. The zero-order valence-corrected chi connectivity index (χ0v) is 11.5. The first-order valence-corrected chi connectivity index (χ1v) is 7.13. The summed E-state index contributed by atoms with van der Waals surface area (Å²) in [5.74, 6) is 0.932. The molecule has 1 aromatic heterocycles. The van der Waals surface area contributed by atoms with Gasteiger partial charge in [0.1, 0.15) is 0 Å². The summed E-state index contributed by atoms with van der Waals surface area (Å²) in [6.45, 7) is 4.31. The first-order chi connectivity index (χ1) is 8.15. The van der Waals surface area contributed by atoms with Gasteiger partial charge in [-0.1, -0.05) is 32.8 Å². The average molecular weight is 251 g/mol. The number of aromatic nitrogens is 1. The molecule has 1 aliphatic rings. The van der Waals surface area contributed by atoms with E-state index in [-0.39, 0.29) is 5.56 Å². The van der Waals surface area contributed by atoms with E-state index in [4.69, 9.17) is 0 Å². The van der Waals surface area contributed by atoms with E-state index in [1.165, 1.54) is 18.5 Å². The van der Waals surface area contributed by atoms with E-state index in [1.807, 2.05) is 10.6 Å². The van der Waals surface area contributed by atoms with Crippen molar-refractivity contribution in [3.05, 3.63) is 33.7 Å². The van der Waals surface area contributed by atoms with Crippen LogP contribution in [0.5, 0.6) is 0 Å². The SMILES string of the molecule is CC(C)c1ccc(CS)c(=O)n1C1CCCC1. The molecule has 1 fully saturated rings. The van der Waals surface area contributed by atoms with Gasteiger partial charge in [-0.05, 0) is 24.8 Å². The van der Waals surface area contributed by atoms with Crippen molar-refractivity contribution in [2.24, 2.45) is 0 Å². The Balaban J connectivity index is 2.54. The third-order valence-corrected chi connectivity index (χ3v) is 4.02. The van der Waals surface area contributed by atoms with E-state index in [1.54, 1.807) is 0 Å². The Labute approximate surface area is 108 Å². The molecule has 0 bridgehead atoms. The van der Waals surface area contributed by atoms with Gasteiger partial charge in [-0.2, -0.15) is 12.6 Å². The topological polar surface area (TPSA) is 22.0 Å². The minimum atomic E-state index is 0.179. The second-order valence-electron chi connectivity index (χ2n) is 5.21. The maximum absolute atomic E-state index is 12.4. The standard InChI is InChI=1S/C14H21NOS/c1-10(2)13-8-7-11(9-17)14(16)15(13)12-5-3-4-6-12/h7-8,10,12,17H,3-6,9H2,1-2H3. The van der Waals surface area contributed by atoms with Crippen LogP contribution in [0.15, 0.2) is 16.9 Å². The maximum atomic E-state index is 12.4. The minimum Gasteiger partial charge on any atom is -0.309 e. The molecule has 0 amide bonds. The molecule has 1 heterocycles. The molecule has 1 saturated carbocycles. The molecule has 0 N–H and O–H groups in total. The Bertz CT molecular complexity index is 444. The predicted octanol–water partition coefficient (Wildman–Crippen LogP) is 3.52. The van der Waals surface area contributed by atoms with Crippen molar-refractivity contribution in [2.45, 2.75) is 57.2 Å². The Kier molecular flexibility index (Phi) is 3.97. The lowest BCUT2D eigenvalue weighted by molar-refractivity contribution is 0.471. The Morgan fingerprint density at radius 2 is 2.00 bits per heavy atom. The highest BCUT2D eigenvalue weighted by atomic mass is 32.1. The fourth-order valence-electron chi connectivity index (χ4n) is 2.74. The third kappa shape index (κ3) is 2.44. The molecule has 1 aromatic rings. The van der Waals surface area contributed by atoms with Gasteiger partial charge < -0.3 is 4.57 Å². The summed E-state index contributed by atoms with van der Waals surface area (Å²) in [6.07, 6.45) is 4.80. The average Bonchev–Trinajstić information content (AvgIpc) is 2.81. The molecule has 0 atom stereocenters. The molecule has 0 spiro atoms. The van der Waals surface area contributed by atoms with Crippen LogP contribution < -0.4 is 5.56 Å². The van der Waals surface area contributed by atoms with Crippen molar-refractivity contribution in [3.63, 3.8) is 0 Å². The fourth-order valence-corrected chi connectivity index (χ4v) is 2.98. The van der Waals surface area contributed by atoms with Crippen molar-refractivity contribution in [2.75, 3.05) is 0 Å². The quantitative estimate of drug-likeness (QED) is 0.816. The van der Waals surface area contributed by atoms with Crippen molar-refractivity contribution in [3.8, 4) is 0 Å². The molecule has 1 aliphatic carbocycles. The third-order valence-electron chi connectivity index (χ3n) is 3.68. The van der Waals surface area contributed by atoms with Crippen LogP contribution in [0.3, 0.4) is 0 Å². The summed E-state index contributed by atoms with van der Waals surface area (Å²) >= 11 is 4.24. The van der Waals surface area contributed by atoms with Crippen LogP contribution in [0.1, 0.15) is 62.7 Å². The van der Waals surface area contributed by atoms with Gasteiger partial charge in [0.25, 0.3) is 5.56 Å². The van der Waals surface area contributed by atoms with E-state index in [0.717, 1.165) is 18.4 Å². The molecule has 0 aliphatic heterocycles. The predicted molar refractivity (Wildman–Crippen MR) is 75.0 cm³/mol. The fraction of sp³-hybridized carbons (Fsp3) is 0.643. The molecule has 3 heteroatoms. The van der Waals surface area contributed by atoms with Gasteiger partial charge in [0.15, 0.2) is 0 Å². The second kappa shape index (κ2) is 5.30. The Hall–Kier alpha value is -0.700. The lowest BCUT2D eigenvalue weighted by Gasteiger charge is -2.22. The van der Waals surface area contributed by atoms with Crippen molar-refractivity contribution in [1.82, 2.24) is 4.57 Å². The van der Waals surface area contributed by atoms with Gasteiger partial charge in [0.2, 0.25) is 0 Å². The molecular formula is C14H21NOS. The van der Waals surface area contributed by atoms with Gasteiger partial charge in [-0.25, -0.2) is 0 Å². The van der Waals surface area contributed by atoms with E-state index in [2.05, 4.69) is 32.5 Å². The molecule has 0 unspecified atom stereocenters. The second-order valence-corrected chi connectivity index (χ2v) is 5.53. The smallest absolute Gasteiger partial charge is 0.255 e. The summed E-state index contributed by atoms with van der Waals surface area (Å²) in [5.41, 5.74) is 2.18. The molecule has 0 saturated heterocycles. The van der Waals surface area contributed by atoms with Crippen molar-refractivity contribution < 1.29 is 0 Å². The van der Waals surface area contributed by atoms with Crippen LogP contribution in [-0.4, -0.2) is 4.57 Å². The van der Waals surface area contributed by atoms with Crippen LogP contribution in [0, 0.1) is 0 Å². The highest BCUT2D eigenvalue weighted by molar-refractivity contribution is 7.79. The van der Waals surface area contributed by atoms with Crippen LogP contribution in [0.25, 0.3) is 0 Å². The summed E-state index contributed by atoms with van der Waals surface area (Å²) in [7, 11) is 0. The van der Waals surface area contributed by atoms with Gasteiger partial charge in [0, 0.05) is 23.1 Å². The molecule has 0 radical (unpaired) electrons. The van der Waals surface area contributed by atoms with Gasteiger partial charge in [-0.3, -0.25) is 4.79 Å². The van der Waals surface area contributed by atoms with Gasteiger partial charge >= 0.3 is 0 Å². The van der Waals surface area contributed by atoms with E-state index < -0.39 is 0 Å². The number of thiol groups is 1. The zero-order valence-electron chi connectivity index (χ0n) is 10.6.